The summed E-state index contributed by atoms with van der Waals surface area (Å²) in [4.78, 5) is 29.3. The van der Waals surface area contributed by atoms with Crippen molar-refractivity contribution in [1.29, 1.82) is 0 Å². The smallest absolute Gasteiger partial charge is 0.369 e. The fourth-order valence-corrected chi connectivity index (χ4v) is 3.82. The summed E-state index contributed by atoms with van der Waals surface area (Å²) < 4.78 is 11.1. The number of aliphatic hydroxyl groups is 3. The third-order valence-corrected chi connectivity index (χ3v) is 5.87. The first kappa shape index (κ1) is 27.4. The van der Waals surface area contributed by atoms with E-state index in [9.17, 15) is 24.9 Å². The quantitative estimate of drug-likeness (QED) is 0.155. The molecule has 2 aromatic carbocycles. The van der Waals surface area contributed by atoms with E-state index in [-0.39, 0.29) is 35.0 Å². The van der Waals surface area contributed by atoms with Crippen molar-refractivity contribution in [3.8, 4) is 17.2 Å². The van der Waals surface area contributed by atoms with Crippen LogP contribution in [-0.2, 0) is 4.79 Å². The van der Waals surface area contributed by atoms with Gasteiger partial charge in [0.05, 0.1) is 24.0 Å². The number of hydrogen-bond acceptors (Lipinski definition) is 12. The Morgan fingerprint density at radius 1 is 1.02 bits per heavy atom. The number of nitrogens with zero attached hydrogens (tertiary/aromatic N) is 4. The molecule has 1 fully saturated rings. The second-order valence-electron chi connectivity index (χ2n) is 9.06. The third kappa shape index (κ3) is 6.88. The number of ether oxygens (including phenoxy) is 1. The second kappa shape index (κ2) is 11.5. The molecule has 210 valence electrons. The lowest BCUT2D eigenvalue weighted by atomic mass is 10.1. The third-order valence-electron chi connectivity index (χ3n) is 5.87. The van der Waals surface area contributed by atoms with Gasteiger partial charge in [0.1, 0.15) is 0 Å². The molecule has 1 saturated carbocycles. The molecule has 14 heteroatoms. The maximum absolute atomic E-state index is 12.6. The van der Waals surface area contributed by atoms with Crippen LogP contribution in [0.25, 0.3) is 23.6 Å². The summed E-state index contributed by atoms with van der Waals surface area (Å²) in [6.45, 7) is 0. The van der Waals surface area contributed by atoms with E-state index in [0.717, 1.165) is 18.4 Å². The van der Waals surface area contributed by atoms with Gasteiger partial charge in [-0.05, 0) is 36.6 Å². The van der Waals surface area contributed by atoms with Crippen LogP contribution < -0.4 is 20.7 Å². The molecule has 0 atom stereocenters. The predicted molar refractivity (Wildman–Crippen MR) is 145 cm³/mol. The van der Waals surface area contributed by atoms with Crippen LogP contribution in [0.1, 0.15) is 34.7 Å². The SMILES string of the molecule is COc1c(Nc2cc(NC(=O)C3CC3)nnc2C(=O)NC(O)(O)O)cccc1-c1nc(/C=C/c2ccccc2)no1. The summed E-state index contributed by atoms with van der Waals surface area (Å²) in [6, 6.07) is 15.9. The fraction of sp³-hybridized carbons (Fsp3) is 0.185. The average molecular weight is 560 g/mol. The molecule has 2 heterocycles. The Balaban J connectivity index is 1.46. The predicted octanol–water partition coefficient (Wildman–Crippen LogP) is 2.12. The normalized spacial score (nSPS) is 13.2. The molecule has 0 radical (unpaired) electrons. The van der Waals surface area contributed by atoms with Gasteiger partial charge in [0.15, 0.2) is 23.1 Å². The highest BCUT2D eigenvalue weighted by molar-refractivity contribution is 6.00. The molecule has 0 saturated heterocycles. The number of anilines is 3. The summed E-state index contributed by atoms with van der Waals surface area (Å²) >= 11 is 0. The number of nitrogens with one attached hydrogen (secondary N) is 3. The number of hydrogen-bond donors (Lipinski definition) is 6. The fourth-order valence-electron chi connectivity index (χ4n) is 3.82. The number of amides is 2. The molecule has 2 amide bonds. The Kier molecular flexibility index (Phi) is 7.69. The van der Waals surface area contributed by atoms with Crippen LogP contribution in [0.3, 0.4) is 0 Å². The lowest BCUT2D eigenvalue weighted by Gasteiger charge is -2.18. The minimum Gasteiger partial charge on any atom is -0.494 e. The van der Waals surface area contributed by atoms with Gasteiger partial charge in [0, 0.05) is 12.0 Å². The molecule has 1 aliphatic carbocycles. The van der Waals surface area contributed by atoms with E-state index in [0.29, 0.717) is 17.1 Å². The molecule has 4 aromatic rings. The van der Waals surface area contributed by atoms with Crippen LogP contribution >= 0.6 is 0 Å². The van der Waals surface area contributed by atoms with Gasteiger partial charge < -0.3 is 35.2 Å². The molecule has 14 nitrogen and oxygen atoms in total. The van der Waals surface area contributed by atoms with Crippen LogP contribution in [0.4, 0.5) is 17.2 Å². The number of carbonyl (C=O) groups excluding carboxylic acids is 2. The van der Waals surface area contributed by atoms with E-state index in [2.05, 4.69) is 31.0 Å². The Labute approximate surface area is 232 Å². The zero-order valence-electron chi connectivity index (χ0n) is 21.6. The molecule has 0 bridgehead atoms. The highest BCUT2D eigenvalue weighted by Crippen LogP contribution is 2.38. The molecular formula is C27H25N7O7. The van der Waals surface area contributed by atoms with E-state index < -0.39 is 17.7 Å². The van der Waals surface area contributed by atoms with Gasteiger partial charge in [-0.25, -0.2) is 0 Å². The molecule has 0 spiro atoms. The van der Waals surface area contributed by atoms with Gasteiger partial charge >= 0.3 is 6.10 Å². The highest BCUT2D eigenvalue weighted by Gasteiger charge is 2.31. The monoisotopic (exact) mass is 559 g/mol. The maximum atomic E-state index is 12.6. The number of rotatable bonds is 10. The van der Waals surface area contributed by atoms with Crippen molar-refractivity contribution < 1.29 is 34.2 Å². The molecule has 2 aromatic heterocycles. The summed E-state index contributed by atoms with van der Waals surface area (Å²) in [6.07, 6.45) is 1.56. The number of benzene rings is 2. The molecule has 6 N–H and O–H groups in total. The average Bonchev–Trinajstić information content (AvgIpc) is 3.69. The summed E-state index contributed by atoms with van der Waals surface area (Å²) in [5, 5.41) is 46.5. The van der Waals surface area contributed by atoms with E-state index in [1.54, 1.807) is 29.6 Å². The van der Waals surface area contributed by atoms with Gasteiger partial charge in [-0.2, -0.15) is 4.98 Å². The van der Waals surface area contributed by atoms with Gasteiger partial charge in [-0.15, -0.1) is 10.2 Å². The topological polar surface area (TPSA) is 205 Å². The van der Waals surface area contributed by atoms with Gasteiger partial charge in [-0.3, -0.25) is 14.9 Å². The zero-order chi connectivity index (χ0) is 29.0. The zero-order valence-corrected chi connectivity index (χ0v) is 21.6. The molecule has 0 unspecified atom stereocenters. The number of para-hydroxylation sites is 1. The molecule has 5 rings (SSSR count). The van der Waals surface area contributed by atoms with E-state index in [1.807, 2.05) is 36.4 Å². The summed E-state index contributed by atoms with van der Waals surface area (Å²) in [5.74, 6) is -0.725. The minimum absolute atomic E-state index is 0.000287. The van der Waals surface area contributed by atoms with Gasteiger partial charge in [-0.1, -0.05) is 47.6 Å². The Morgan fingerprint density at radius 2 is 1.80 bits per heavy atom. The lowest BCUT2D eigenvalue weighted by Crippen LogP contribution is -2.48. The van der Waals surface area contributed by atoms with Crippen LogP contribution in [0, 0.1) is 5.92 Å². The largest absolute Gasteiger partial charge is 0.494 e. The summed E-state index contributed by atoms with van der Waals surface area (Å²) in [7, 11) is 1.42. The Morgan fingerprint density at radius 3 is 2.51 bits per heavy atom. The Bertz CT molecular complexity index is 1600. The highest BCUT2D eigenvalue weighted by atomic mass is 16.7. The minimum atomic E-state index is -3.50. The summed E-state index contributed by atoms with van der Waals surface area (Å²) in [5.41, 5.74) is 1.30. The lowest BCUT2D eigenvalue weighted by molar-refractivity contribution is -0.323. The second-order valence-corrected chi connectivity index (χ2v) is 9.06. The van der Waals surface area contributed by atoms with Crippen molar-refractivity contribution >= 4 is 41.2 Å². The van der Waals surface area contributed by atoms with E-state index in [1.165, 1.54) is 13.2 Å². The van der Waals surface area contributed by atoms with Crippen molar-refractivity contribution in [1.82, 2.24) is 25.7 Å². The van der Waals surface area contributed by atoms with E-state index >= 15 is 0 Å². The molecule has 41 heavy (non-hydrogen) atoms. The number of carbonyl (C=O) groups is 2. The molecule has 0 aliphatic heterocycles. The first-order valence-electron chi connectivity index (χ1n) is 12.4. The number of aromatic nitrogens is 4. The van der Waals surface area contributed by atoms with Crippen molar-refractivity contribution in [3.63, 3.8) is 0 Å². The van der Waals surface area contributed by atoms with Crippen LogP contribution in [0.5, 0.6) is 5.75 Å². The van der Waals surface area contributed by atoms with Crippen LogP contribution in [-0.4, -0.2) is 60.7 Å². The molecular weight excluding hydrogens is 534 g/mol. The van der Waals surface area contributed by atoms with Gasteiger partial charge in [0.2, 0.25) is 5.91 Å². The first-order valence-corrected chi connectivity index (χ1v) is 12.4. The van der Waals surface area contributed by atoms with Crippen molar-refractivity contribution in [2.24, 2.45) is 5.92 Å². The van der Waals surface area contributed by atoms with E-state index in [4.69, 9.17) is 9.26 Å². The van der Waals surface area contributed by atoms with Crippen LogP contribution in [0.15, 0.2) is 59.1 Å². The standard InChI is InChI=1S/C27H25N7O7/c1-40-23-17(26-30-20(34-41-26)13-10-15-6-3-2-4-7-15)8-5-9-18(23)28-19-14-21(29-24(35)16-11-12-16)32-33-22(19)25(36)31-27(37,38)39/h2-10,13-14,16,37-39H,11-12H2,1H3,(H,31,36)(H2,28,29,32,35)/b13-10+. The molecule has 1 aliphatic rings. The van der Waals surface area contributed by atoms with Crippen LogP contribution in [0.2, 0.25) is 0 Å². The van der Waals surface area contributed by atoms with Crippen molar-refractivity contribution in [2.45, 2.75) is 18.9 Å². The first-order chi connectivity index (χ1) is 19.7. The Hall–Kier alpha value is -5.18. The maximum Gasteiger partial charge on any atom is 0.369 e. The van der Waals surface area contributed by atoms with Crippen molar-refractivity contribution in [3.05, 3.63) is 71.7 Å². The van der Waals surface area contributed by atoms with Crippen molar-refractivity contribution in [2.75, 3.05) is 17.7 Å². The number of methoxy groups -OCH3 is 1. The van der Waals surface area contributed by atoms with Gasteiger partial charge in [0.25, 0.3) is 11.8 Å².